The fraction of sp³-hybridized carbons (Fsp3) is 0. The normalized spacial score (nSPS) is 11.1. The number of rotatable bonds is 3. The van der Waals surface area contributed by atoms with Crippen molar-refractivity contribution in [2.45, 2.75) is 4.90 Å². The molecule has 20 heavy (non-hydrogen) atoms. The van der Waals surface area contributed by atoms with E-state index in [1.54, 1.807) is 0 Å². The summed E-state index contributed by atoms with van der Waals surface area (Å²) in [5, 5.41) is 19.3. The van der Waals surface area contributed by atoms with Crippen molar-refractivity contribution < 1.29 is 35.2 Å². The van der Waals surface area contributed by atoms with Crippen molar-refractivity contribution in [3.05, 3.63) is 44.5 Å². The van der Waals surface area contributed by atoms with E-state index in [1.165, 1.54) is 12.1 Å². The van der Waals surface area contributed by atoms with Gasteiger partial charge in [0, 0.05) is 6.07 Å². The molecule has 1 aromatic rings. The molecule has 0 aliphatic carbocycles. The molecule has 1 aromatic carbocycles. The molecule has 0 unspecified atom stereocenters. The van der Waals surface area contributed by atoms with Crippen molar-refractivity contribution in [3.63, 3.8) is 0 Å². The fourth-order valence-electron chi connectivity index (χ4n) is 0.826. The zero-order valence-electron chi connectivity index (χ0n) is 9.18. The third-order valence-electron chi connectivity index (χ3n) is 1.53. The Hall–Kier alpha value is -2.16. The Labute approximate surface area is 111 Å². The fourth-order valence-corrected chi connectivity index (χ4v) is 1.48. The van der Waals surface area contributed by atoms with Crippen LogP contribution >= 0.6 is 0 Å². The highest BCUT2D eigenvalue weighted by Crippen LogP contribution is 2.21. The Morgan fingerprint density at radius 1 is 0.950 bits per heavy atom. The van der Waals surface area contributed by atoms with Crippen LogP contribution < -0.4 is 0 Å². The van der Waals surface area contributed by atoms with Crippen molar-refractivity contribution in [2.75, 3.05) is 0 Å². The molecule has 0 amide bonds. The van der Waals surface area contributed by atoms with Gasteiger partial charge in [0.1, 0.15) is 0 Å². The molecule has 0 fully saturated rings. The Morgan fingerprint density at radius 2 is 1.35 bits per heavy atom. The van der Waals surface area contributed by atoms with Crippen molar-refractivity contribution >= 4 is 26.1 Å². The first kappa shape index (κ1) is 17.8. The lowest BCUT2D eigenvalue weighted by Gasteiger charge is -1.97. The smallest absolute Gasteiger partial charge is 0.282 e. The van der Waals surface area contributed by atoms with Gasteiger partial charge >= 0.3 is 20.4 Å². The molecular weight excluding hydrogens is 324 g/mol. The van der Waals surface area contributed by atoms with E-state index in [9.17, 15) is 26.9 Å². The maximum Gasteiger partial charge on any atom is 0.563 e. The van der Waals surface area contributed by atoms with Gasteiger partial charge in [0.25, 0.3) is 5.69 Å². The Kier molecular flexibility index (Phi) is 5.64. The van der Waals surface area contributed by atoms with Gasteiger partial charge in [-0.1, -0.05) is 12.1 Å². The second-order valence-electron chi connectivity index (χ2n) is 2.87. The predicted octanol–water partition coefficient (Wildman–Crippen LogP) is -0.0926. The number of para-hydroxylation sites is 1. The minimum absolute atomic E-state index is 0.634. The summed E-state index contributed by atoms with van der Waals surface area (Å²) >= 11 is 0. The summed E-state index contributed by atoms with van der Waals surface area (Å²) in [5.74, 6) is 0. The van der Waals surface area contributed by atoms with Gasteiger partial charge in [-0.3, -0.25) is 14.7 Å². The molecule has 0 bridgehead atoms. The lowest BCUT2D eigenvalue weighted by molar-refractivity contribution is -0.387. The average molecular weight is 330 g/mol. The first-order valence-electron chi connectivity index (χ1n) is 4.20. The third-order valence-corrected chi connectivity index (χ3v) is 2.81. The van der Waals surface area contributed by atoms with Gasteiger partial charge in [-0.2, -0.15) is 8.42 Å². The van der Waals surface area contributed by atoms with Crippen molar-refractivity contribution in [2.24, 2.45) is 0 Å². The van der Waals surface area contributed by atoms with Gasteiger partial charge in [0.05, 0.1) is 4.92 Å². The van der Waals surface area contributed by atoms with E-state index < -0.39 is 40.3 Å². The SMILES string of the molecule is O=[N+]([O-])S(=O)(=O)O.O=[N+]([O-])c1ccccc1S(=O)(=O)O. The number of hydrogen-bond acceptors (Lipinski definition) is 8. The summed E-state index contributed by atoms with van der Waals surface area (Å²) in [4.78, 5) is 17.7. The van der Waals surface area contributed by atoms with E-state index in [4.69, 9.17) is 19.2 Å². The lowest BCUT2D eigenvalue weighted by atomic mass is 10.3. The molecule has 0 spiro atoms. The number of nitro benzene ring substituents is 1. The summed E-state index contributed by atoms with van der Waals surface area (Å²) in [5.41, 5.74) is -0.634. The van der Waals surface area contributed by atoms with Crippen LogP contribution in [0.1, 0.15) is 0 Å². The molecule has 0 aromatic heterocycles. The largest absolute Gasteiger partial charge is 0.563 e. The minimum Gasteiger partial charge on any atom is -0.282 e. The van der Waals surface area contributed by atoms with Crippen LogP contribution in [0.4, 0.5) is 5.69 Å². The Morgan fingerprint density at radius 3 is 1.60 bits per heavy atom. The van der Waals surface area contributed by atoms with E-state index >= 15 is 0 Å². The first-order chi connectivity index (χ1) is 8.87. The van der Waals surface area contributed by atoms with Crippen molar-refractivity contribution in [1.82, 2.24) is 0 Å². The van der Waals surface area contributed by atoms with Gasteiger partial charge in [0.15, 0.2) is 9.22 Å². The molecule has 0 radical (unpaired) electrons. The summed E-state index contributed by atoms with van der Waals surface area (Å²) in [6, 6.07) is 4.57. The van der Waals surface area contributed by atoms with Gasteiger partial charge in [-0.25, -0.2) is 14.7 Å². The highest BCUT2D eigenvalue weighted by Gasteiger charge is 2.22. The highest BCUT2D eigenvalue weighted by atomic mass is 32.2. The van der Waals surface area contributed by atoms with Crippen LogP contribution in [0.3, 0.4) is 0 Å². The molecule has 0 heterocycles. The van der Waals surface area contributed by atoms with Gasteiger partial charge in [-0.15, -0.1) is 8.42 Å². The van der Waals surface area contributed by atoms with Crippen LogP contribution in [0.2, 0.25) is 0 Å². The molecule has 0 saturated carbocycles. The molecule has 12 nitrogen and oxygen atoms in total. The minimum atomic E-state index is -5.02. The second kappa shape index (κ2) is 6.33. The number of nitrogens with zero attached hydrogens (tertiary/aromatic N) is 2. The molecule has 0 saturated heterocycles. The average Bonchev–Trinajstić information content (AvgIpc) is 2.27. The lowest BCUT2D eigenvalue weighted by Crippen LogP contribution is -2.09. The molecular formula is C6H6N2O10S2. The number of hydrogen-bond donors (Lipinski definition) is 2. The maximum absolute atomic E-state index is 10.6. The molecule has 0 aliphatic rings. The van der Waals surface area contributed by atoms with Crippen LogP contribution in [-0.2, 0) is 20.4 Å². The molecule has 112 valence electrons. The summed E-state index contributed by atoms with van der Waals surface area (Å²) in [7, 11) is -9.54. The van der Waals surface area contributed by atoms with E-state index in [1.807, 2.05) is 0 Å². The molecule has 2 N–H and O–H groups in total. The molecule has 0 atom stereocenters. The maximum atomic E-state index is 10.6. The van der Waals surface area contributed by atoms with Crippen molar-refractivity contribution in [3.8, 4) is 0 Å². The van der Waals surface area contributed by atoms with Gasteiger partial charge < -0.3 is 0 Å². The quantitative estimate of drug-likeness (QED) is 0.429. The van der Waals surface area contributed by atoms with Gasteiger partial charge in [0.2, 0.25) is 0 Å². The molecule has 1 rings (SSSR count). The summed E-state index contributed by atoms with van der Waals surface area (Å²) in [6.07, 6.45) is 0. The second-order valence-corrected chi connectivity index (χ2v) is 5.46. The zero-order valence-corrected chi connectivity index (χ0v) is 10.8. The van der Waals surface area contributed by atoms with Crippen LogP contribution in [0, 0.1) is 20.2 Å². The van der Waals surface area contributed by atoms with Gasteiger partial charge in [-0.05, 0) is 6.07 Å². The standard InChI is InChI=1S/C6H5NO5S.HNO5S/c8-7(9)5-3-1-2-4-6(5)13(10,11)12;2-1(3)7(4,5)6/h1-4H,(H,10,11,12);(H,4,5,6). The predicted molar refractivity (Wildman–Crippen MR) is 61.5 cm³/mol. The van der Waals surface area contributed by atoms with E-state index in [0.29, 0.717) is 0 Å². The topological polar surface area (TPSA) is 195 Å². The number of benzene rings is 1. The number of nitro groups is 2. The van der Waals surface area contributed by atoms with E-state index in [2.05, 4.69) is 0 Å². The zero-order chi connectivity index (χ0) is 16.1. The van der Waals surface area contributed by atoms with Crippen LogP contribution in [0.15, 0.2) is 29.2 Å². The monoisotopic (exact) mass is 330 g/mol. The summed E-state index contributed by atoms with van der Waals surface area (Å²) < 4.78 is 53.8. The van der Waals surface area contributed by atoms with Crippen LogP contribution in [0.25, 0.3) is 0 Å². The van der Waals surface area contributed by atoms with E-state index in [-0.39, 0.29) is 0 Å². The highest BCUT2D eigenvalue weighted by molar-refractivity contribution is 7.86. The molecule has 0 aliphatic heterocycles. The van der Waals surface area contributed by atoms with Crippen molar-refractivity contribution in [1.29, 1.82) is 0 Å². The van der Waals surface area contributed by atoms with E-state index in [0.717, 1.165) is 12.1 Å². The van der Waals surface area contributed by atoms with Crippen LogP contribution in [-0.4, -0.2) is 35.2 Å². The Bertz CT molecular complexity index is 722. The van der Waals surface area contributed by atoms with Crippen LogP contribution in [0.5, 0.6) is 0 Å². The first-order valence-corrected chi connectivity index (χ1v) is 7.04. The Balaban J connectivity index is 0.000000441. The third kappa shape index (κ3) is 5.65. The summed E-state index contributed by atoms with van der Waals surface area (Å²) in [6.45, 7) is 0. The molecule has 14 heteroatoms.